The van der Waals surface area contributed by atoms with Gasteiger partial charge in [-0.15, -0.1) is 0 Å². The van der Waals surface area contributed by atoms with Gasteiger partial charge in [-0.25, -0.2) is 21.6 Å². The van der Waals surface area contributed by atoms with E-state index in [1.54, 1.807) is 0 Å². The van der Waals surface area contributed by atoms with E-state index in [9.17, 15) is 62.6 Å². The Kier molecular flexibility index (Phi) is 8.59. The van der Waals surface area contributed by atoms with Crippen molar-refractivity contribution in [1.82, 2.24) is 4.90 Å². The normalized spacial score (nSPS) is 25.2. The van der Waals surface area contributed by atoms with Gasteiger partial charge in [-0.3, -0.25) is 9.59 Å². The minimum atomic E-state index is -6.42. The number of alkyl halides is 8. The third kappa shape index (κ3) is 5.32. The van der Waals surface area contributed by atoms with Gasteiger partial charge in [0.05, 0.1) is 16.2 Å². The summed E-state index contributed by atoms with van der Waals surface area (Å²) in [4.78, 5) is 25.5. The summed E-state index contributed by atoms with van der Waals surface area (Å²) >= 11 is 0. The van der Waals surface area contributed by atoms with Crippen molar-refractivity contribution < 1.29 is 62.6 Å². The minimum absolute atomic E-state index is 0.0251. The van der Waals surface area contributed by atoms with Crippen LogP contribution < -0.4 is 0 Å². The van der Waals surface area contributed by atoms with E-state index in [-0.39, 0.29) is 49.9 Å². The Bertz CT molecular complexity index is 1490. The van der Waals surface area contributed by atoms with Gasteiger partial charge in [-0.05, 0) is 61.9 Å². The summed E-state index contributed by atoms with van der Waals surface area (Å²) in [6.45, 7) is -2.23. The molecule has 4 rings (SSSR count). The van der Waals surface area contributed by atoms with E-state index in [2.05, 4.69) is 0 Å². The third-order valence-electron chi connectivity index (χ3n) is 8.75. The van der Waals surface area contributed by atoms with E-state index >= 15 is 0 Å². The Morgan fingerprint density at radius 3 is 1.84 bits per heavy atom. The number of nitrogens with zero attached hydrogens (tertiary/aromatic N) is 1. The SMILES string of the molecule is O=C(O)C1CCC(CF)(C(=O)N2CC[C@](c3ccc(C(F)(C(F)(F)F)C(F)(F)F)cc3)(S(=O)(=O)c3ccc(F)cc3)C2)CC1. The summed E-state index contributed by atoms with van der Waals surface area (Å²) in [6.07, 6.45) is -13.6. The van der Waals surface area contributed by atoms with Crippen molar-refractivity contribution >= 4 is 21.7 Å². The lowest BCUT2D eigenvalue weighted by Gasteiger charge is -2.39. The largest absolute Gasteiger partial charge is 0.481 e. The second-order valence-electron chi connectivity index (χ2n) is 11.2. The van der Waals surface area contributed by atoms with Gasteiger partial charge in [0.25, 0.3) is 0 Å². The first kappa shape index (κ1) is 33.6. The highest BCUT2D eigenvalue weighted by Gasteiger charge is 2.73. The number of carbonyl (C=O) groups is 2. The summed E-state index contributed by atoms with van der Waals surface area (Å²) in [6, 6.07) is 4.92. The number of rotatable bonds is 7. The van der Waals surface area contributed by atoms with Gasteiger partial charge >= 0.3 is 24.0 Å². The molecule has 1 amide bonds. The molecule has 1 aliphatic carbocycles. The quantitative estimate of drug-likeness (QED) is 0.281. The molecule has 1 saturated heterocycles. The van der Waals surface area contributed by atoms with Crippen molar-refractivity contribution in [2.75, 3.05) is 19.8 Å². The topological polar surface area (TPSA) is 91.8 Å². The van der Waals surface area contributed by atoms with Gasteiger partial charge in [0.15, 0.2) is 9.84 Å². The van der Waals surface area contributed by atoms with Crippen LogP contribution in [-0.4, -0.2) is 62.4 Å². The number of likely N-dealkylation sites (tertiary alicyclic amines) is 1. The molecule has 2 aromatic carbocycles. The zero-order valence-corrected chi connectivity index (χ0v) is 23.5. The Hall–Kier alpha value is -3.30. The predicted octanol–water partition coefficient (Wildman–Crippen LogP) is 6.25. The van der Waals surface area contributed by atoms with Gasteiger partial charge in [-0.1, -0.05) is 24.3 Å². The number of amides is 1. The molecule has 2 fully saturated rings. The summed E-state index contributed by atoms with van der Waals surface area (Å²) in [5.41, 5.74) is -9.68. The van der Waals surface area contributed by atoms with Crippen LogP contribution in [0.5, 0.6) is 0 Å². The van der Waals surface area contributed by atoms with Crippen molar-refractivity contribution in [2.45, 2.75) is 59.8 Å². The monoisotopic (exact) mass is 659 g/mol. The number of hydrogen-bond acceptors (Lipinski definition) is 4. The third-order valence-corrected chi connectivity index (χ3v) is 11.2. The Morgan fingerprint density at radius 1 is 0.864 bits per heavy atom. The van der Waals surface area contributed by atoms with Crippen LogP contribution in [0.1, 0.15) is 43.2 Å². The average Bonchev–Trinajstić information content (AvgIpc) is 3.43. The molecule has 1 heterocycles. The van der Waals surface area contributed by atoms with E-state index in [1.807, 2.05) is 0 Å². The van der Waals surface area contributed by atoms with Crippen LogP contribution in [0.4, 0.5) is 39.5 Å². The first-order chi connectivity index (χ1) is 20.3. The molecule has 0 bridgehead atoms. The molecule has 242 valence electrons. The van der Waals surface area contributed by atoms with Crippen molar-refractivity contribution in [3.63, 3.8) is 0 Å². The van der Waals surface area contributed by atoms with Crippen LogP contribution >= 0.6 is 0 Å². The second-order valence-corrected chi connectivity index (χ2v) is 13.4. The predicted molar refractivity (Wildman–Crippen MR) is 136 cm³/mol. The van der Waals surface area contributed by atoms with Crippen LogP contribution in [0, 0.1) is 17.2 Å². The van der Waals surface area contributed by atoms with Gasteiger partial charge in [0.2, 0.25) is 5.91 Å². The first-order valence-corrected chi connectivity index (χ1v) is 14.8. The number of halogens is 9. The lowest BCUT2D eigenvalue weighted by atomic mass is 9.70. The number of hydrogen-bond donors (Lipinski definition) is 1. The van der Waals surface area contributed by atoms with Crippen molar-refractivity contribution in [1.29, 1.82) is 0 Å². The number of carbonyl (C=O) groups excluding carboxylic acids is 1. The van der Waals surface area contributed by atoms with Crippen molar-refractivity contribution in [3.8, 4) is 0 Å². The fourth-order valence-electron chi connectivity index (χ4n) is 6.05. The van der Waals surface area contributed by atoms with Crippen molar-refractivity contribution in [2.24, 2.45) is 11.3 Å². The average molecular weight is 660 g/mol. The van der Waals surface area contributed by atoms with E-state index in [4.69, 9.17) is 0 Å². The molecule has 1 saturated carbocycles. The molecule has 1 N–H and O–H groups in total. The second kappa shape index (κ2) is 11.2. The fourth-order valence-corrected chi connectivity index (χ4v) is 8.13. The number of aliphatic carboxylic acids is 1. The van der Waals surface area contributed by atoms with Crippen LogP contribution in [0.2, 0.25) is 0 Å². The molecule has 0 unspecified atom stereocenters. The highest BCUT2D eigenvalue weighted by molar-refractivity contribution is 7.92. The van der Waals surface area contributed by atoms with Gasteiger partial charge in [0, 0.05) is 18.7 Å². The summed E-state index contributed by atoms with van der Waals surface area (Å²) in [5.74, 6) is -3.57. The Morgan fingerprint density at radius 2 is 1.39 bits per heavy atom. The van der Waals surface area contributed by atoms with Crippen LogP contribution in [0.25, 0.3) is 0 Å². The molecule has 2 aromatic rings. The molecule has 0 aromatic heterocycles. The van der Waals surface area contributed by atoms with Crippen LogP contribution in [-0.2, 0) is 29.8 Å². The molecule has 2 aliphatic rings. The molecule has 1 atom stereocenters. The molecule has 16 heteroatoms. The molecule has 0 radical (unpaired) electrons. The fraction of sp³-hybridized carbons (Fsp3) is 0.500. The van der Waals surface area contributed by atoms with E-state index in [0.29, 0.717) is 12.1 Å². The smallest absolute Gasteiger partial charge is 0.435 e. The van der Waals surface area contributed by atoms with Gasteiger partial charge in [0.1, 0.15) is 17.2 Å². The number of carboxylic acid groups (broad SMARTS) is 1. The standard InChI is InChI=1S/C28H26F9NO5S/c29-15-24(11-9-17(10-12-24)22(39)40)23(41)38-14-13-25(16-38,44(42,43)21-7-5-20(30)6-8-21)18-1-3-19(4-2-18)26(31,27(32,33)34)28(35,36)37/h1-8,17H,9-16H2,(H,39,40)/t17?,24?,25-/m0/s1. The summed E-state index contributed by atoms with van der Waals surface area (Å²) in [7, 11) is -4.69. The maximum Gasteiger partial charge on any atom is 0.435 e. The highest BCUT2D eigenvalue weighted by Crippen LogP contribution is 2.54. The molecule has 0 spiro atoms. The number of carboxylic acids is 1. The summed E-state index contributed by atoms with van der Waals surface area (Å²) in [5, 5.41) is 9.27. The molecule has 6 nitrogen and oxygen atoms in total. The molecule has 44 heavy (non-hydrogen) atoms. The van der Waals surface area contributed by atoms with Crippen molar-refractivity contribution in [3.05, 3.63) is 65.5 Å². The Labute approximate surface area is 245 Å². The van der Waals surface area contributed by atoms with E-state index in [1.165, 1.54) is 0 Å². The zero-order chi connectivity index (χ0) is 32.9. The van der Waals surface area contributed by atoms with Crippen LogP contribution in [0.15, 0.2) is 53.4 Å². The van der Waals surface area contributed by atoms with E-state index < -0.39 is 91.7 Å². The Balaban J connectivity index is 1.79. The molecule has 1 aliphatic heterocycles. The number of sulfone groups is 1. The van der Waals surface area contributed by atoms with E-state index in [0.717, 1.165) is 29.2 Å². The summed E-state index contributed by atoms with van der Waals surface area (Å²) < 4.78 is 149. The highest BCUT2D eigenvalue weighted by atomic mass is 32.2. The van der Waals surface area contributed by atoms with Crippen LogP contribution in [0.3, 0.4) is 0 Å². The maximum atomic E-state index is 14.7. The lowest BCUT2D eigenvalue weighted by molar-refractivity contribution is -0.348. The molecular formula is C28H26F9NO5S. The zero-order valence-electron chi connectivity index (χ0n) is 22.7. The molecular weight excluding hydrogens is 633 g/mol. The maximum absolute atomic E-state index is 14.7. The van der Waals surface area contributed by atoms with Gasteiger partial charge < -0.3 is 10.0 Å². The van der Waals surface area contributed by atoms with Gasteiger partial charge in [-0.2, -0.15) is 26.3 Å². The number of benzene rings is 2. The minimum Gasteiger partial charge on any atom is -0.481 e. The lowest BCUT2D eigenvalue weighted by Crippen LogP contribution is -2.50. The first-order valence-electron chi connectivity index (χ1n) is 13.3.